The molecule has 0 saturated carbocycles. The smallest absolute Gasteiger partial charge is 0.126 e. The fourth-order valence-corrected chi connectivity index (χ4v) is 2.43. The highest BCUT2D eigenvalue weighted by Crippen LogP contribution is 2.34. The Bertz CT molecular complexity index is 363. The van der Waals surface area contributed by atoms with Crippen LogP contribution in [0.3, 0.4) is 0 Å². The molecule has 0 bridgehead atoms. The number of hydrogen-bond donors (Lipinski definition) is 1. The molecule has 76 valence electrons. The Morgan fingerprint density at radius 3 is 3.00 bits per heavy atom. The lowest BCUT2D eigenvalue weighted by Gasteiger charge is -2.22. The normalized spacial score (nSPS) is 15.1. The first-order valence-electron chi connectivity index (χ1n) is 4.79. The molecule has 0 aliphatic carbocycles. The fourth-order valence-electron chi connectivity index (χ4n) is 1.97. The van der Waals surface area contributed by atoms with Gasteiger partial charge in [-0.25, -0.2) is 0 Å². The fraction of sp³-hybridized carbons (Fsp3) is 0.455. The van der Waals surface area contributed by atoms with E-state index in [9.17, 15) is 0 Å². The van der Waals surface area contributed by atoms with Crippen molar-refractivity contribution in [3.05, 3.63) is 27.2 Å². The minimum absolute atomic E-state index is 0.949. The van der Waals surface area contributed by atoms with Gasteiger partial charge in [-0.2, -0.15) is 0 Å². The lowest BCUT2D eigenvalue weighted by molar-refractivity contribution is 0.402. The molecule has 2 nitrogen and oxygen atoms in total. The molecule has 2 rings (SSSR count). The molecule has 0 unspecified atom stereocenters. The van der Waals surface area contributed by atoms with Gasteiger partial charge in [0.25, 0.3) is 0 Å². The maximum atomic E-state index is 5.47. The SMILES string of the molecule is COc1c(C)c(Br)cc2c1CCNC2. The Morgan fingerprint density at radius 1 is 1.50 bits per heavy atom. The van der Waals surface area contributed by atoms with E-state index in [1.807, 2.05) is 0 Å². The molecule has 1 aliphatic rings. The number of fused-ring (bicyclic) bond motifs is 1. The Morgan fingerprint density at radius 2 is 2.29 bits per heavy atom. The van der Waals surface area contributed by atoms with E-state index >= 15 is 0 Å². The first-order chi connectivity index (χ1) is 6.74. The van der Waals surface area contributed by atoms with Crippen molar-refractivity contribution in [2.75, 3.05) is 13.7 Å². The summed E-state index contributed by atoms with van der Waals surface area (Å²) in [5, 5.41) is 3.36. The van der Waals surface area contributed by atoms with Crippen molar-refractivity contribution in [3.63, 3.8) is 0 Å². The summed E-state index contributed by atoms with van der Waals surface area (Å²) in [5.74, 6) is 1.05. The molecule has 3 heteroatoms. The van der Waals surface area contributed by atoms with Crippen LogP contribution >= 0.6 is 15.9 Å². The van der Waals surface area contributed by atoms with Crippen LogP contribution in [-0.2, 0) is 13.0 Å². The van der Waals surface area contributed by atoms with Crippen LogP contribution in [0.5, 0.6) is 5.75 Å². The average molecular weight is 256 g/mol. The molecule has 1 N–H and O–H groups in total. The van der Waals surface area contributed by atoms with Crippen molar-refractivity contribution in [2.24, 2.45) is 0 Å². The maximum absolute atomic E-state index is 5.47. The number of ether oxygens (including phenoxy) is 1. The zero-order chi connectivity index (χ0) is 10.1. The van der Waals surface area contributed by atoms with Gasteiger partial charge in [0.15, 0.2) is 0 Å². The van der Waals surface area contributed by atoms with Gasteiger partial charge in [0.1, 0.15) is 5.75 Å². The number of nitrogens with one attached hydrogen (secondary N) is 1. The van der Waals surface area contributed by atoms with Crippen molar-refractivity contribution < 1.29 is 4.74 Å². The highest BCUT2D eigenvalue weighted by Gasteiger charge is 2.17. The van der Waals surface area contributed by atoms with Crippen LogP contribution < -0.4 is 10.1 Å². The second kappa shape index (κ2) is 3.91. The second-order valence-corrected chi connectivity index (χ2v) is 4.44. The largest absolute Gasteiger partial charge is 0.496 e. The van der Waals surface area contributed by atoms with Crippen LogP contribution in [0.15, 0.2) is 10.5 Å². The lowest BCUT2D eigenvalue weighted by atomic mass is 9.97. The molecule has 0 atom stereocenters. The van der Waals surface area contributed by atoms with Crippen LogP contribution in [0.2, 0.25) is 0 Å². The van der Waals surface area contributed by atoms with Crippen molar-refractivity contribution in [1.29, 1.82) is 0 Å². The van der Waals surface area contributed by atoms with Gasteiger partial charge in [0.05, 0.1) is 7.11 Å². The third-order valence-electron chi connectivity index (χ3n) is 2.73. The van der Waals surface area contributed by atoms with Gasteiger partial charge in [-0.05, 0) is 31.5 Å². The highest BCUT2D eigenvalue weighted by atomic mass is 79.9. The van der Waals surface area contributed by atoms with Crippen LogP contribution in [0, 0.1) is 6.92 Å². The van der Waals surface area contributed by atoms with E-state index in [-0.39, 0.29) is 0 Å². The molecule has 1 heterocycles. The van der Waals surface area contributed by atoms with Crippen molar-refractivity contribution >= 4 is 15.9 Å². The summed E-state index contributed by atoms with van der Waals surface area (Å²) in [6.07, 6.45) is 1.06. The molecule has 0 radical (unpaired) electrons. The first kappa shape index (κ1) is 9.99. The molecule has 1 aromatic rings. The van der Waals surface area contributed by atoms with Crippen LogP contribution in [-0.4, -0.2) is 13.7 Å². The molecular formula is C11H14BrNO. The van der Waals surface area contributed by atoms with E-state index in [0.29, 0.717) is 0 Å². The van der Waals surface area contributed by atoms with Gasteiger partial charge in [-0.15, -0.1) is 0 Å². The first-order valence-corrected chi connectivity index (χ1v) is 5.59. The number of hydrogen-bond acceptors (Lipinski definition) is 2. The molecule has 14 heavy (non-hydrogen) atoms. The van der Waals surface area contributed by atoms with E-state index < -0.39 is 0 Å². The topological polar surface area (TPSA) is 21.3 Å². The summed E-state index contributed by atoms with van der Waals surface area (Å²) >= 11 is 3.56. The van der Waals surface area contributed by atoms with E-state index in [2.05, 4.69) is 34.2 Å². The van der Waals surface area contributed by atoms with Crippen molar-refractivity contribution in [1.82, 2.24) is 5.32 Å². The molecule has 0 saturated heterocycles. The molecule has 0 amide bonds. The molecular weight excluding hydrogens is 242 g/mol. The number of benzene rings is 1. The van der Waals surface area contributed by atoms with Crippen LogP contribution in [0.1, 0.15) is 16.7 Å². The predicted octanol–water partition coefficient (Wildman–Crippen LogP) is 2.41. The third-order valence-corrected chi connectivity index (χ3v) is 3.56. The van der Waals surface area contributed by atoms with E-state index in [4.69, 9.17) is 4.74 Å². The van der Waals surface area contributed by atoms with Crippen LogP contribution in [0.25, 0.3) is 0 Å². The van der Waals surface area contributed by atoms with Crippen molar-refractivity contribution in [3.8, 4) is 5.75 Å². The number of halogens is 1. The second-order valence-electron chi connectivity index (χ2n) is 3.58. The molecule has 0 aromatic heterocycles. The summed E-state index contributed by atoms with van der Waals surface area (Å²) in [4.78, 5) is 0. The number of rotatable bonds is 1. The molecule has 1 aliphatic heterocycles. The molecule has 0 spiro atoms. The maximum Gasteiger partial charge on any atom is 0.126 e. The van der Waals surface area contributed by atoms with Gasteiger partial charge in [0, 0.05) is 22.1 Å². The van der Waals surface area contributed by atoms with E-state index in [1.165, 1.54) is 16.7 Å². The monoisotopic (exact) mass is 255 g/mol. The highest BCUT2D eigenvalue weighted by molar-refractivity contribution is 9.10. The summed E-state index contributed by atoms with van der Waals surface area (Å²) in [6, 6.07) is 2.19. The minimum Gasteiger partial charge on any atom is -0.496 e. The van der Waals surface area contributed by atoms with E-state index in [1.54, 1.807) is 7.11 Å². The predicted molar refractivity (Wildman–Crippen MR) is 60.8 cm³/mol. The summed E-state index contributed by atoms with van der Waals surface area (Å²) in [6.45, 7) is 4.08. The zero-order valence-corrected chi connectivity index (χ0v) is 10.1. The summed E-state index contributed by atoms with van der Waals surface area (Å²) in [5.41, 5.74) is 3.92. The van der Waals surface area contributed by atoms with Gasteiger partial charge < -0.3 is 10.1 Å². The Labute approximate surface area is 92.8 Å². The van der Waals surface area contributed by atoms with Gasteiger partial charge >= 0.3 is 0 Å². The lowest BCUT2D eigenvalue weighted by Crippen LogP contribution is -2.24. The standard InChI is InChI=1S/C11H14BrNO/c1-7-10(12)5-8-6-13-4-3-9(8)11(7)14-2/h5,13H,3-4,6H2,1-2H3. The quantitative estimate of drug-likeness (QED) is 0.833. The molecule has 1 aromatic carbocycles. The molecule has 0 fully saturated rings. The van der Waals surface area contributed by atoms with E-state index in [0.717, 1.165) is 29.7 Å². The number of methoxy groups -OCH3 is 1. The van der Waals surface area contributed by atoms with Gasteiger partial charge in [-0.1, -0.05) is 15.9 Å². The van der Waals surface area contributed by atoms with Gasteiger partial charge in [-0.3, -0.25) is 0 Å². The Kier molecular flexibility index (Phi) is 2.79. The zero-order valence-electron chi connectivity index (χ0n) is 8.48. The Balaban J connectivity index is 2.60. The Hall–Kier alpha value is -0.540. The average Bonchev–Trinajstić information content (AvgIpc) is 2.20. The van der Waals surface area contributed by atoms with Crippen molar-refractivity contribution in [2.45, 2.75) is 19.9 Å². The van der Waals surface area contributed by atoms with Crippen LogP contribution in [0.4, 0.5) is 0 Å². The van der Waals surface area contributed by atoms with Gasteiger partial charge in [0.2, 0.25) is 0 Å². The third kappa shape index (κ3) is 1.55. The minimum atomic E-state index is 0.949. The summed E-state index contributed by atoms with van der Waals surface area (Å²) in [7, 11) is 1.75. The summed E-state index contributed by atoms with van der Waals surface area (Å²) < 4.78 is 6.60.